The smallest absolute Gasteiger partial charge is 0.410 e. The average Bonchev–Trinajstić information content (AvgIpc) is 2.48. The van der Waals surface area contributed by atoms with Crippen LogP contribution in [0.2, 0.25) is 0 Å². The fraction of sp³-hybridized carbons (Fsp3) is 0.529. The summed E-state index contributed by atoms with van der Waals surface area (Å²) in [4.78, 5) is 25.6. The van der Waals surface area contributed by atoms with Crippen molar-refractivity contribution in [3.05, 3.63) is 30.1 Å². The van der Waals surface area contributed by atoms with Crippen molar-refractivity contribution in [2.45, 2.75) is 45.3 Å². The maximum absolute atomic E-state index is 13.5. The molecular formula is C17H24FN3O3. The van der Waals surface area contributed by atoms with Gasteiger partial charge >= 0.3 is 12.1 Å². The molecule has 0 saturated carbocycles. The highest BCUT2D eigenvalue weighted by Crippen LogP contribution is 2.16. The van der Waals surface area contributed by atoms with E-state index in [2.05, 4.69) is 10.6 Å². The second-order valence-electron chi connectivity index (χ2n) is 6.82. The van der Waals surface area contributed by atoms with Crippen molar-refractivity contribution in [3.63, 3.8) is 0 Å². The number of nitrogens with zero attached hydrogens (tertiary/aromatic N) is 1. The van der Waals surface area contributed by atoms with Gasteiger partial charge < -0.3 is 20.3 Å². The number of likely N-dealkylation sites (tertiary alicyclic amines) is 1. The molecule has 0 radical (unpaired) electrons. The molecule has 7 heteroatoms. The maximum atomic E-state index is 13.5. The van der Waals surface area contributed by atoms with E-state index < -0.39 is 17.4 Å². The number of carbonyl (C=O) groups excluding carboxylic acids is 2. The van der Waals surface area contributed by atoms with Gasteiger partial charge in [0.15, 0.2) is 0 Å². The molecule has 2 N–H and O–H groups in total. The first kappa shape index (κ1) is 18.0. The van der Waals surface area contributed by atoms with Gasteiger partial charge in [0.05, 0.1) is 5.69 Å². The van der Waals surface area contributed by atoms with Crippen molar-refractivity contribution in [1.82, 2.24) is 10.2 Å². The molecule has 24 heavy (non-hydrogen) atoms. The standard InChI is InChI=1S/C17H24FN3O3/c1-17(2,3)24-16(23)21-10-8-12(9-11-21)19-15(22)20-14-7-5-4-6-13(14)18/h4-7,12H,8-11H2,1-3H3,(H2,19,20,22). The van der Waals surface area contributed by atoms with Gasteiger partial charge in [0.1, 0.15) is 11.4 Å². The molecule has 0 unspecified atom stereocenters. The minimum atomic E-state index is -0.522. The van der Waals surface area contributed by atoms with Gasteiger partial charge in [-0.1, -0.05) is 12.1 Å². The molecule has 1 aliphatic heterocycles. The predicted molar refractivity (Wildman–Crippen MR) is 89.4 cm³/mol. The lowest BCUT2D eigenvalue weighted by Gasteiger charge is -2.33. The second-order valence-corrected chi connectivity index (χ2v) is 6.82. The summed E-state index contributed by atoms with van der Waals surface area (Å²) in [5.41, 5.74) is -0.382. The second kappa shape index (κ2) is 7.51. The number of anilines is 1. The molecule has 0 bridgehead atoms. The highest BCUT2D eigenvalue weighted by Gasteiger charge is 2.27. The van der Waals surface area contributed by atoms with Crippen LogP contribution in [0.3, 0.4) is 0 Å². The van der Waals surface area contributed by atoms with E-state index in [-0.39, 0.29) is 17.8 Å². The molecule has 0 spiro atoms. The van der Waals surface area contributed by atoms with E-state index in [1.54, 1.807) is 17.0 Å². The van der Waals surface area contributed by atoms with Gasteiger partial charge in [-0.15, -0.1) is 0 Å². The lowest BCUT2D eigenvalue weighted by Crippen LogP contribution is -2.48. The number of para-hydroxylation sites is 1. The zero-order valence-electron chi connectivity index (χ0n) is 14.3. The zero-order chi connectivity index (χ0) is 17.7. The van der Waals surface area contributed by atoms with Gasteiger partial charge in [0.2, 0.25) is 0 Å². The quantitative estimate of drug-likeness (QED) is 0.869. The SMILES string of the molecule is CC(C)(C)OC(=O)N1CCC(NC(=O)Nc2ccccc2F)CC1. The maximum Gasteiger partial charge on any atom is 0.410 e. The number of halogens is 1. The summed E-state index contributed by atoms with van der Waals surface area (Å²) in [6.45, 7) is 6.50. The lowest BCUT2D eigenvalue weighted by atomic mass is 10.1. The van der Waals surface area contributed by atoms with Crippen LogP contribution in [-0.2, 0) is 4.74 Å². The van der Waals surface area contributed by atoms with Gasteiger partial charge in [0, 0.05) is 19.1 Å². The molecule has 1 aromatic rings. The summed E-state index contributed by atoms with van der Waals surface area (Å²) >= 11 is 0. The molecule has 1 fully saturated rings. The fourth-order valence-corrected chi connectivity index (χ4v) is 2.44. The minimum Gasteiger partial charge on any atom is -0.444 e. The highest BCUT2D eigenvalue weighted by atomic mass is 19.1. The molecule has 6 nitrogen and oxygen atoms in total. The van der Waals surface area contributed by atoms with Crippen LogP contribution in [0.4, 0.5) is 19.7 Å². The predicted octanol–water partition coefficient (Wildman–Crippen LogP) is 3.35. The average molecular weight is 337 g/mol. The van der Waals surface area contributed by atoms with E-state index in [9.17, 15) is 14.0 Å². The van der Waals surface area contributed by atoms with Crippen molar-refractivity contribution in [1.29, 1.82) is 0 Å². The monoisotopic (exact) mass is 337 g/mol. The van der Waals surface area contributed by atoms with Gasteiger partial charge in [-0.25, -0.2) is 14.0 Å². The number of benzene rings is 1. The van der Waals surface area contributed by atoms with Crippen LogP contribution in [0, 0.1) is 5.82 Å². The first-order valence-electron chi connectivity index (χ1n) is 8.04. The van der Waals surface area contributed by atoms with Crippen LogP contribution >= 0.6 is 0 Å². The summed E-state index contributed by atoms with van der Waals surface area (Å²) in [6, 6.07) is 5.49. The highest BCUT2D eigenvalue weighted by molar-refractivity contribution is 5.89. The Bertz CT molecular complexity index is 593. The third-order valence-electron chi connectivity index (χ3n) is 3.60. The summed E-state index contributed by atoms with van der Waals surface area (Å²) in [5.74, 6) is -0.479. The molecule has 0 aliphatic carbocycles. The molecule has 132 valence electrons. The van der Waals surface area contributed by atoms with E-state index in [0.29, 0.717) is 25.9 Å². The van der Waals surface area contributed by atoms with E-state index in [1.807, 2.05) is 20.8 Å². The van der Waals surface area contributed by atoms with Gasteiger partial charge in [-0.2, -0.15) is 0 Å². The minimum absolute atomic E-state index is 0.0598. The molecule has 3 amide bonds. The Morgan fingerprint density at radius 3 is 2.42 bits per heavy atom. The number of urea groups is 1. The van der Waals surface area contributed by atoms with Crippen molar-refractivity contribution >= 4 is 17.8 Å². The van der Waals surface area contributed by atoms with Gasteiger partial charge in [-0.05, 0) is 45.7 Å². The number of nitrogens with one attached hydrogen (secondary N) is 2. The first-order chi connectivity index (χ1) is 11.2. The Kier molecular flexibility index (Phi) is 5.64. The summed E-state index contributed by atoms with van der Waals surface area (Å²) in [7, 11) is 0. The number of hydrogen-bond acceptors (Lipinski definition) is 3. The van der Waals surface area contributed by atoms with Crippen LogP contribution in [0.1, 0.15) is 33.6 Å². The number of ether oxygens (including phenoxy) is 1. The van der Waals surface area contributed by atoms with Crippen LogP contribution < -0.4 is 10.6 Å². The van der Waals surface area contributed by atoms with Crippen molar-refractivity contribution in [2.24, 2.45) is 0 Å². The topological polar surface area (TPSA) is 70.7 Å². The lowest BCUT2D eigenvalue weighted by molar-refractivity contribution is 0.0202. The van der Waals surface area contributed by atoms with Crippen LogP contribution in [0.5, 0.6) is 0 Å². The number of rotatable bonds is 2. The first-order valence-corrected chi connectivity index (χ1v) is 8.04. The van der Waals surface area contributed by atoms with E-state index in [4.69, 9.17) is 4.74 Å². The Morgan fingerprint density at radius 1 is 1.21 bits per heavy atom. The summed E-state index contributed by atoms with van der Waals surface area (Å²) < 4.78 is 18.8. The van der Waals surface area contributed by atoms with E-state index >= 15 is 0 Å². The molecule has 0 atom stereocenters. The molecule has 0 aromatic heterocycles. The Labute approximate surface area is 141 Å². The van der Waals surface area contributed by atoms with E-state index in [1.165, 1.54) is 12.1 Å². The third-order valence-corrected chi connectivity index (χ3v) is 3.60. The molecule has 1 saturated heterocycles. The summed E-state index contributed by atoms with van der Waals surface area (Å²) in [5, 5.41) is 5.30. The number of piperidine rings is 1. The normalized spacial score (nSPS) is 15.8. The summed E-state index contributed by atoms with van der Waals surface area (Å²) in [6.07, 6.45) is 0.921. The largest absolute Gasteiger partial charge is 0.444 e. The molecule has 1 aliphatic rings. The molecule has 1 aromatic carbocycles. The number of carbonyl (C=O) groups is 2. The Morgan fingerprint density at radius 2 is 1.83 bits per heavy atom. The van der Waals surface area contributed by atoms with Crippen LogP contribution in [0.25, 0.3) is 0 Å². The molecule has 1 heterocycles. The number of amides is 3. The van der Waals surface area contributed by atoms with Crippen molar-refractivity contribution < 1.29 is 18.7 Å². The number of hydrogen-bond donors (Lipinski definition) is 2. The van der Waals surface area contributed by atoms with Gasteiger partial charge in [0.25, 0.3) is 0 Å². The van der Waals surface area contributed by atoms with Crippen molar-refractivity contribution in [2.75, 3.05) is 18.4 Å². The molecular weight excluding hydrogens is 313 g/mol. The third kappa shape index (κ3) is 5.40. The fourth-order valence-electron chi connectivity index (χ4n) is 2.44. The van der Waals surface area contributed by atoms with Crippen LogP contribution in [-0.4, -0.2) is 41.8 Å². The zero-order valence-corrected chi connectivity index (χ0v) is 14.3. The Hall–Kier alpha value is -2.31. The van der Waals surface area contributed by atoms with Crippen molar-refractivity contribution in [3.8, 4) is 0 Å². The molecule has 2 rings (SSSR count). The van der Waals surface area contributed by atoms with Gasteiger partial charge in [-0.3, -0.25) is 0 Å². The Balaban J connectivity index is 1.77. The van der Waals surface area contributed by atoms with Crippen LogP contribution in [0.15, 0.2) is 24.3 Å². The van der Waals surface area contributed by atoms with E-state index in [0.717, 1.165) is 0 Å².